The van der Waals surface area contributed by atoms with Crippen LogP contribution in [0.2, 0.25) is 5.02 Å². The Kier molecular flexibility index (Phi) is 2.96. The van der Waals surface area contributed by atoms with Gasteiger partial charge < -0.3 is 9.84 Å². The van der Waals surface area contributed by atoms with Crippen LogP contribution in [0.3, 0.4) is 0 Å². The van der Waals surface area contributed by atoms with Crippen LogP contribution in [0.1, 0.15) is 15.9 Å². The Bertz CT molecular complexity index is 390. The van der Waals surface area contributed by atoms with Crippen LogP contribution in [-0.4, -0.2) is 18.2 Å². The van der Waals surface area contributed by atoms with Crippen molar-refractivity contribution in [1.29, 1.82) is 0 Å². The number of aryl methyl sites for hydroxylation is 1. The van der Waals surface area contributed by atoms with Gasteiger partial charge in [0.1, 0.15) is 5.56 Å². The Labute approximate surface area is 85.1 Å². The smallest absolute Gasteiger partial charge is 0.340 e. The van der Waals surface area contributed by atoms with E-state index in [-0.39, 0.29) is 10.8 Å². The van der Waals surface area contributed by atoms with Crippen molar-refractivity contribution in [2.24, 2.45) is 0 Å². The maximum Gasteiger partial charge on any atom is 0.340 e. The molecule has 0 spiro atoms. The molecule has 0 aliphatic carbocycles. The van der Waals surface area contributed by atoms with Crippen molar-refractivity contribution in [2.75, 3.05) is 7.11 Å². The highest BCUT2D eigenvalue weighted by molar-refractivity contribution is 6.34. The molecule has 1 aromatic rings. The number of methoxy groups -OCH3 is 1. The normalized spacial score (nSPS) is 10.0. The standard InChI is InChI=1S/C9H8ClFO3/c1-4-3-5(14-2)8(11)6(7(4)10)9(12)13/h3H,1-2H3,(H,12,13). The molecule has 0 fully saturated rings. The molecule has 0 aromatic heterocycles. The average molecular weight is 219 g/mol. The van der Waals surface area contributed by atoms with Crippen LogP contribution < -0.4 is 4.74 Å². The van der Waals surface area contributed by atoms with Crippen LogP contribution in [0, 0.1) is 12.7 Å². The monoisotopic (exact) mass is 218 g/mol. The Balaban J connectivity index is 3.53. The predicted molar refractivity (Wildman–Crippen MR) is 49.7 cm³/mol. The van der Waals surface area contributed by atoms with E-state index < -0.39 is 17.3 Å². The molecule has 0 heterocycles. The molecule has 3 nitrogen and oxygen atoms in total. The van der Waals surface area contributed by atoms with Gasteiger partial charge in [0.05, 0.1) is 12.1 Å². The summed E-state index contributed by atoms with van der Waals surface area (Å²) in [4.78, 5) is 10.7. The Hall–Kier alpha value is -1.29. The molecular weight excluding hydrogens is 211 g/mol. The molecule has 0 saturated heterocycles. The molecular formula is C9H8ClFO3. The molecule has 0 unspecified atom stereocenters. The largest absolute Gasteiger partial charge is 0.494 e. The second kappa shape index (κ2) is 3.84. The van der Waals surface area contributed by atoms with E-state index >= 15 is 0 Å². The summed E-state index contributed by atoms with van der Waals surface area (Å²) in [6.07, 6.45) is 0. The molecule has 1 N–H and O–H groups in total. The van der Waals surface area contributed by atoms with Gasteiger partial charge in [-0.25, -0.2) is 9.18 Å². The third-order valence-electron chi connectivity index (χ3n) is 1.78. The summed E-state index contributed by atoms with van der Waals surface area (Å²) in [6, 6.07) is 1.35. The number of ether oxygens (including phenoxy) is 1. The van der Waals surface area contributed by atoms with E-state index in [1.807, 2.05) is 0 Å². The molecule has 76 valence electrons. The highest BCUT2D eigenvalue weighted by Gasteiger charge is 2.21. The second-order valence-electron chi connectivity index (χ2n) is 2.70. The molecule has 1 rings (SSSR count). The van der Waals surface area contributed by atoms with Crippen molar-refractivity contribution < 1.29 is 19.0 Å². The minimum absolute atomic E-state index is 0.101. The van der Waals surface area contributed by atoms with E-state index in [9.17, 15) is 9.18 Å². The van der Waals surface area contributed by atoms with Crippen molar-refractivity contribution in [1.82, 2.24) is 0 Å². The fraction of sp³-hybridized carbons (Fsp3) is 0.222. The van der Waals surface area contributed by atoms with Gasteiger partial charge in [-0.3, -0.25) is 0 Å². The molecule has 0 aliphatic heterocycles. The fourth-order valence-corrected chi connectivity index (χ4v) is 1.29. The van der Waals surface area contributed by atoms with Gasteiger partial charge in [-0.15, -0.1) is 0 Å². The number of aromatic carboxylic acids is 1. The first-order valence-electron chi connectivity index (χ1n) is 3.75. The van der Waals surface area contributed by atoms with E-state index in [2.05, 4.69) is 4.74 Å². The SMILES string of the molecule is COc1cc(C)c(Cl)c(C(=O)O)c1F. The number of halogens is 2. The summed E-state index contributed by atoms with van der Waals surface area (Å²) in [6.45, 7) is 1.58. The number of hydrogen-bond acceptors (Lipinski definition) is 2. The van der Waals surface area contributed by atoms with Crippen LogP contribution >= 0.6 is 11.6 Å². The topological polar surface area (TPSA) is 46.5 Å². The highest BCUT2D eigenvalue weighted by Crippen LogP contribution is 2.30. The first kappa shape index (κ1) is 10.8. The summed E-state index contributed by atoms with van der Waals surface area (Å²) in [5.74, 6) is -2.48. The lowest BCUT2D eigenvalue weighted by molar-refractivity contribution is 0.0691. The van der Waals surface area contributed by atoms with Crippen LogP contribution in [0.4, 0.5) is 4.39 Å². The molecule has 0 bridgehead atoms. The number of carbonyl (C=O) groups is 1. The zero-order valence-electron chi connectivity index (χ0n) is 7.60. The third-order valence-corrected chi connectivity index (χ3v) is 2.27. The lowest BCUT2D eigenvalue weighted by atomic mass is 10.1. The first-order chi connectivity index (χ1) is 6.49. The highest BCUT2D eigenvalue weighted by atomic mass is 35.5. The van der Waals surface area contributed by atoms with Crippen molar-refractivity contribution >= 4 is 17.6 Å². The number of hydrogen-bond donors (Lipinski definition) is 1. The van der Waals surface area contributed by atoms with Crippen LogP contribution in [0.25, 0.3) is 0 Å². The van der Waals surface area contributed by atoms with Gasteiger partial charge in [0.2, 0.25) is 0 Å². The van der Waals surface area contributed by atoms with Gasteiger partial charge in [0.15, 0.2) is 11.6 Å². The number of rotatable bonds is 2. The minimum atomic E-state index is -1.41. The van der Waals surface area contributed by atoms with Crippen LogP contribution in [-0.2, 0) is 0 Å². The molecule has 1 aromatic carbocycles. The van der Waals surface area contributed by atoms with Gasteiger partial charge in [-0.2, -0.15) is 0 Å². The fourth-order valence-electron chi connectivity index (χ4n) is 1.08. The van der Waals surface area contributed by atoms with Gasteiger partial charge >= 0.3 is 5.97 Å². The van der Waals surface area contributed by atoms with Gasteiger partial charge in [0.25, 0.3) is 0 Å². The summed E-state index contributed by atoms with van der Waals surface area (Å²) >= 11 is 5.65. The molecule has 5 heteroatoms. The number of carboxylic acid groups (broad SMARTS) is 1. The van der Waals surface area contributed by atoms with E-state index in [1.54, 1.807) is 6.92 Å². The minimum Gasteiger partial charge on any atom is -0.494 e. The van der Waals surface area contributed by atoms with E-state index in [4.69, 9.17) is 16.7 Å². The quantitative estimate of drug-likeness (QED) is 0.830. The second-order valence-corrected chi connectivity index (χ2v) is 3.08. The average Bonchev–Trinajstić information content (AvgIpc) is 2.11. The zero-order valence-corrected chi connectivity index (χ0v) is 8.35. The Morgan fingerprint density at radius 1 is 1.64 bits per heavy atom. The third kappa shape index (κ3) is 1.65. The lowest BCUT2D eigenvalue weighted by Gasteiger charge is -2.08. The van der Waals surface area contributed by atoms with Crippen molar-refractivity contribution in [3.8, 4) is 5.75 Å². The van der Waals surface area contributed by atoms with E-state index in [0.29, 0.717) is 5.56 Å². The Morgan fingerprint density at radius 3 is 2.64 bits per heavy atom. The van der Waals surface area contributed by atoms with E-state index in [0.717, 1.165) is 0 Å². The summed E-state index contributed by atoms with van der Waals surface area (Å²) < 4.78 is 18.0. The molecule has 0 radical (unpaired) electrons. The van der Waals surface area contributed by atoms with Gasteiger partial charge in [0, 0.05) is 0 Å². The van der Waals surface area contributed by atoms with Crippen molar-refractivity contribution in [3.63, 3.8) is 0 Å². The zero-order chi connectivity index (χ0) is 10.9. The van der Waals surface area contributed by atoms with E-state index in [1.165, 1.54) is 13.2 Å². The Morgan fingerprint density at radius 2 is 2.21 bits per heavy atom. The number of carboxylic acids is 1. The van der Waals surface area contributed by atoms with Gasteiger partial charge in [-0.05, 0) is 18.6 Å². The predicted octanol–water partition coefficient (Wildman–Crippen LogP) is 2.49. The number of benzene rings is 1. The summed E-state index contributed by atoms with van der Waals surface area (Å²) in [7, 11) is 1.26. The summed E-state index contributed by atoms with van der Waals surface area (Å²) in [5, 5.41) is 8.61. The first-order valence-corrected chi connectivity index (χ1v) is 4.12. The van der Waals surface area contributed by atoms with Crippen molar-refractivity contribution in [2.45, 2.75) is 6.92 Å². The molecule has 0 aliphatic rings. The molecule has 14 heavy (non-hydrogen) atoms. The maximum atomic E-state index is 13.4. The molecule has 0 atom stereocenters. The van der Waals surface area contributed by atoms with Crippen LogP contribution in [0.15, 0.2) is 6.07 Å². The lowest BCUT2D eigenvalue weighted by Crippen LogP contribution is -2.05. The van der Waals surface area contributed by atoms with Gasteiger partial charge in [-0.1, -0.05) is 11.6 Å². The molecule has 0 amide bonds. The molecule has 0 saturated carbocycles. The van der Waals surface area contributed by atoms with Crippen molar-refractivity contribution in [3.05, 3.63) is 28.0 Å². The van der Waals surface area contributed by atoms with Crippen LogP contribution in [0.5, 0.6) is 5.75 Å². The maximum absolute atomic E-state index is 13.4. The summed E-state index contributed by atoms with van der Waals surface area (Å²) in [5.41, 5.74) is -0.0918.